The highest BCUT2D eigenvalue weighted by atomic mass is 32.2. The maximum Gasteiger partial charge on any atom is 0.124 e. The number of rotatable bonds is 6. The molecule has 0 spiro atoms. The second-order valence-electron chi connectivity index (χ2n) is 4.00. The van der Waals surface area contributed by atoms with E-state index in [-0.39, 0.29) is 6.10 Å². The second-order valence-corrected chi connectivity index (χ2v) is 4.91. The summed E-state index contributed by atoms with van der Waals surface area (Å²) in [7, 11) is 1.99. The van der Waals surface area contributed by atoms with Crippen LogP contribution in [-0.2, 0) is 0 Å². The van der Waals surface area contributed by atoms with Crippen molar-refractivity contribution >= 4 is 11.8 Å². The highest BCUT2D eigenvalue weighted by molar-refractivity contribution is 7.98. The zero-order valence-corrected chi connectivity index (χ0v) is 11.3. The fourth-order valence-electron chi connectivity index (χ4n) is 1.62. The molecule has 1 atom stereocenters. The molecule has 0 amide bonds. The number of para-hydroxylation sites is 1. The van der Waals surface area contributed by atoms with E-state index in [2.05, 4.69) is 37.6 Å². The van der Waals surface area contributed by atoms with Crippen molar-refractivity contribution in [2.75, 3.05) is 19.1 Å². The molecule has 0 saturated heterocycles. The number of hydrogen-bond acceptors (Lipinski definition) is 3. The van der Waals surface area contributed by atoms with Crippen LogP contribution in [0.25, 0.3) is 0 Å². The summed E-state index contributed by atoms with van der Waals surface area (Å²) >= 11 is 1.84. The van der Waals surface area contributed by atoms with Gasteiger partial charge in [0.2, 0.25) is 0 Å². The Kier molecular flexibility index (Phi) is 5.71. The third-order valence-electron chi connectivity index (χ3n) is 2.34. The summed E-state index contributed by atoms with van der Waals surface area (Å²) in [6, 6.07) is 8.61. The van der Waals surface area contributed by atoms with Gasteiger partial charge in [0.25, 0.3) is 0 Å². The van der Waals surface area contributed by atoms with Crippen LogP contribution >= 0.6 is 11.8 Å². The van der Waals surface area contributed by atoms with E-state index in [1.54, 1.807) is 0 Å². The summed E-state index contributed by atoms with van der Waals surface area (Å²) < 4.78 is 5.83. The molecule has 16 heavy (non-hydrogen) atoms. The van der Waals surface area contributed by atoms with Crippen molar-refractivity contribution in [3.8, 4) is 5.75 Å². The van der Waals surface area contributed by atoms with Crippen LogP contribution in [0.1, 0.15) is 25.5 Å². The number of ether oxygens (including phenoxy) is 1. The molecule has 90 valence electrons. The Balaban J connectivity index is 2.91. The van der Waals surface area contributed by atoms with Gasteiger partial charge < -0.3 is 10.1 Å². The molecule has 0 aliphatic carbocycles. The average molecular weight is 239 g/mol. The molecule has 1 N–H and O–H groups in total. The Hall–Kier alpha value is -0.670. The quantitative estimate of drug-likeness (QED) is 0.824. The number of nitrogens with one attached hydrogen (secondary N) is 1. The monoisotopic (exact) mass is 239 g/mol. The summed E-state index contributed by atoms with van der Waals surface area (Å²) in [6.07, 6.45) is 2.34. The van der Waals surface area contributed by atoms with Gasteiger partial charge in [-0.05, 0) is 33.2 Å². The van der Waals surface area contributed by atoms with Crippen molar-refractivity contribution in [1.82, 2.24) is 5.32 Å². The van der Waals surface area contributed by atoms with Gasteiger partial charge in [-0.3, -0.25) is 0 Å². The average Bonchev–Trinajstić information content (AvgIpc) is 2.26. The van der Waals surface area contributed by atoms with E-state index in [0.717, 1.165) is 11.5 Å². The normalized spacial score (nSPS) is 12.8. The smallest absolute Gasteiger partial charge is 0.124 e. The van der Waals surface area contributed by atoms with Gasteiger partial charge in [-0.25, -0.2) is 0 Å². The Bertz CT molecular complexity index is 315. The number of benzene rings is 1. The molecule has 0 radical (unpaired) electrons. The lowest BCUT2D eigenvalue weighted by Gasteiger charge is -2.20. The first-order valence-electron chi connectivity index (χ1n) is 5.60. The van der Waals surface area contributed by atoms with Crippen LogP contribution in [0.5, 0.6) is 5.75 Å². The standard InChI is InChI=1S/C13H21NOS/c1-10(2)15-13-8-6-5-7-11(13)12(14-3)9-16-4/h5-8,10,12,14H,9H2,1-4H3. The number of hydrogen-bond donors (Lipinski definition) is 1. The summed E-state index contributed by atoms with van der Waals surface area (Å²) in [5.74, 6) is 2.04. The van der Waals surface area contributed by atoms with Crippen LogP contribution in [0, 0.1) is 0 Å². The molecular formula is C13H21NOS. The second kappa shape index (κ2) is 6.81. The first kappa shape index (κ1) is 13.4. The Morgan fingerprint density at radius 1 is 1.31 bits per heavy atom. The molecule has 0 heterocycles. The van der Waals surface area contributed by atoms with Gasteiger partial charge in [-0.2, -0.15) is 11.8 Å². The molecule has 1 unspecified atom stereocenters. The van der Waals surface area contributed by atoms with E-state index < -0.39 is 0 Å². The molecular weight excluding hydrogens is 218 g/mol. The van der Waals surface area contributed by atoms with Crippen molar-refractivity contribution in [3.05, 3.63) is 29.8 Å². The minimum absolute atomic E-state index is 0.216. The van der Waals surface area contributed by atoms with Gasteiger partial charge in [0.05, 0.1) is 6.10 Å². The molecule has 0 saturated carbocycles. The minimum Gasteiger partial charge on any atom is -0.491 e. The molecule has 3 heteroatoms. The largest absolute Gasteiger partial charge is 0.491 e. The van der Waals surface area contributed by atoms with Gasteiger partial charge in [0.15, 0.2) is 0 Å². The predicted molar refractivity (Wildman–Crippen MR) is 72.4 cm³/mol. The van der Waals surface area contributed by atoms with Gasteiger partial charge in [0.1, 0.15) is 5.75 Å². The van der Waals surface area contributed by atoms with Gasteiger partial charge >= 0.3 is 0 Å². The Morgan fingerprint density at radius 2 is 2.00 bits per heavy atom. The van der Waals surface area contributed by atoms with E-state index in [1.165, 1.54) is 5.56 Å². The zero-order valence-electron chi connectivity index (χ0n) is 10.5. The maximum atomic E-state index is 5.83. The lowest BCUT2D eigenvalue weighted by molar-refractivity contribution is 0.238. The zero-order chi connectivity index (χ0) is 12.0. The SMILES string of the molecule is CNC(CSC)c1ccccc1OC(C)C. The first-order chi connectivity index (χ1) is 7.69. The van der Waals surface area contributed by atoms with E-state index in [0.29, 0.717) is 6.04 Å². The molecule has 1 aromatic rings. The molecule has 0 aliphatic heterocycles. The van der Waals surface area contributed by atoms with E-state index in [1.807, 2.05) is 30.9 Å². The predicted octanol–water partition coefficient (Wildman–Crippen LogP) is 3.10. The van der Waals surface area contributed by atoms with Crippen molar-refractivity contribution in [2.45, 2.75) is 26.0 Å². The molecule has 1 aromatic carbocycles. The minimum atomic E-state index is 0.216. The van der Waals surface area contributed by atoms with Crippen molar-refractivity contribution in [3.63, 3.8) is 0 Å². The molecule has 0 aliphatic rings. The third-order valence-corrected chi connectivity index (χ3v) is 3.01. The van der Waals surface area contributed by atoms with E-state index in [4.69, 9.17) is 4.74 Å². The van der Waals surface area contributed by atoms with Gasteiger partial charge in [-0.1, -0.05) is 18.2 Å². The molecule has 0 fully saturated rings. The topological polar surface area (TPSA) is 21.3 Å². The van der Waals surface area contributed by atoms with Crippen LogP contribution in [-0.4, -0.2) is 25.2 Å². The van der Waals surface area contributed by atoms with Gasteiger partial charge in [0, 0.05) is 17.4 Å². The highest BCUT2D eigenvalue weighted by Crippen LogP contribution is 2.27. The van der Waals surface area contributed by atoms with Crippen LogP contribution in [0.4, 0.5) is 0 Å². The molecule has 2 nitrogen and oxygen atoms in total. The summed E-state index contributed by atoms with van der Waals surface area (Å²) in [6.45, 7) is 4.11. The summed E-state index contributed by atoms with van der Waals surface area (Å²) in [4.78, 5) is 0. The van der Waals surface area contributed by atoms with Crippen molar-refractivity contribution in [2.24, 2.45) is 0 Å². The first-order valence-corrected chi connectivity index (χ1v) is 7.00. The Morgan fingerprint density at radius 3 is 2.56 bits per heavy atom. The lowest BCUT2D eigenvalue weighted by Crippen LogP contribution is -2.20. The molecule has 1 rings (SSSR count). The fourth-order valence-corrected chi connectivity index (χ4v) is 2.30. The van der Waals surface area contributed by atoms with E-state index >= 15 is 0 Å². The highest BCUT2D eigenvalue weighted by Gasteiger charge is 2.14. The summed E-state index contributed by atoms with van der Waals surface area (Å²) in [5, 5.41) is 3.33. The molecule has 0 aromatic heterocycles. The fraction of sp³-hybridized carbons (Fsp3) is 0.538. The van der Waals surface area contributed by atoms with Crippen molar-refractivity contribution < 1.29 is 4.74 Å². The van der Waals surface area contributed by atoms with Crippen molar-refractivity contribution in [1.29, 1.82) is 0 Å². The summed E-state index contributed by atoms with van der Waals surface area (Å²) in [5.41, 5.74) is 1.24. The van der Waals surface area contributed by atoms with E-state index in [9.17, 15) is 0 Å². The van der Waals surface area contributed by atoms with Crippen LogP contribution < -0.4 is 10.1 Å². The number of thioether (sulfide) groups is 1. The van der Waals surface area contributed by atoms with Gasteiger partial charge in [-0.15, -0.1) is 0 Å². The lowest BCUT2D eigenvalue weighted by atomic mass is 10.1. The van der Waals surface area contributed by atoms with Crippen LogP contribution in [0.2, 0.25) is 0 Å². The van der Waals surface area contributed by atoms with Crippen LogP contribution in [0.15, 0.2) is 24.3 Å². The van der Waals surface area contributed by atoms with Crippen LogP contribution in [0.3, 0.4) is 0 Å². The molecule has 0 bridgehead atoms. The maximum absolute atomic E-state index is 5.83. The Labute approximate surface area is 103 Å². The third kappa shape index (κ3) is 3.72.